The normalized spacial score (nSPS) is 10.3. The molecule has 0 amide bonds. The first-order valence-corrected chi connectivity index (χ1v) is 7.60. The fraction of sp³-hybridized carbons (Fsp3) is 0.118. The molecule has 0 fully saturated rings. The van der Waals surface area contributed by atoms with E-state index in [1.807, 2.05) is 43.3 Å². The van der Waals surface area contributed by atoms with E-state index in [2.05, 4.69) is 32.9 Å². The molecule has 0 aliphatic rings. The first-order chi connectivity index (χ1) is 11.2. The smallest absolute Gasteiger partial charge is 0.324 e. The molecule has 3 rings (SSSR count). The molecule has 1 N–H and O–H groups in total. The van der Waals surface area contributed by atoms with Crippen molar-refractivity contribution in [1.82, 2.24) is 15.0 Å². The van der Waals surface area contributed by atoms with Crippen LogP contribution in [0.2, 0.25) is 0 Å². The predicted octanol–water partition coefficient (Wildman–Crippen LogP) is 3.87. The summed E-state index contributed by atoms with van der Waals surface area (Å²) in [4.78, 5) is 13.6. The number of anilines is 1. The molecule has 0 saturated heterocycles. The number of rotatable bonds is 5. The third-order valence-corrected chi connectivity index (χ3v) is 3.57. The van der Waals surface area contributed by atoms with Crippen LogP contribution in [0.1, 0.15) is 11.3 Å². The van der Waals surface area contributed by atoms with Crippen LogP contribution in [0.25, 0.3) is 0 Å². The van der Waals surface area contributed by atoms with Crippen molar-refractivity contribution in [3.63, 3.8) is 0 Å². The van der Waals surface area contributed by atoms with Crippen LogP contribution in [0.15, 0.2) is 59.8 Å². The Hall–Kier alpha value is -2.60. The maximum atomic E-state index is 5.64. The fourth-order valence-electron chi connectivity index (χ4n) is 2.04. The lowest BCUT2D eigenvalue weighted by atomic mass is 10.2. The Morgan fingerprint density at radius 1 is 1.13 bits per heavy atom. The highest BCUT2D eigenvalue weighted by Crippen LogP contribution is 2.20. The van der Waals surface area contributed by atoms with E-state index in [1.54, 1.807) is 18.5 Å². The van der Waals surface area contributed by atoms with Gasteiger partial charge in [0.2, 0.25) is 0 Å². The van der Waals surface area contributed by atoms with Gasteiger partial charge in [0.15, 0.2) is 0 Å². The Morgan fingerprint density at radius 3 is 2.78 bits per heavy atom. The van der Waals surface area contributed by atoms with E-state index in [4.69, 9.17) is 4.74 Å². The lowest BCUT2D eigenvalue weighted by molar-refractivity contribution is 0.439. The number of pyridine rings is 1. The lowest BCUT2D eigenvalue weighted by Gasteiger charge is -2.10. The summed E-state index contributed by atoms with van der Waals surface area (Å²) in [7, 11) is 0. The van der Waals surface area contributed by atoms with Crippen LogP contribution in [0.3, 0.4) is 0 Å². The Morgan fingerprint density at radius 2 is 2.00 bits per heavy atom. The summed E-state index contributed by atoms with van der Waals surface area (Å²) < 4.78 is 5.64. The summed E-state index contributed by atoms with van der Waals surface area (Å²) in [5, 5.41) is 3.27. The maximum Gasteiger partial charge on any atom is 0.324 e. The largest absolute Gasteiger partial charge is 0.423 e. The zero-order chi connectivity index (χ0) is 16.1. The molecule has 5 nitrogen and oxygen atoms in total. The van der Waals surface area contributed by atoms with Crippen molar-refractivity contribution in [3.8, 4) is 11.8 Å². The third-order valence-electron chi connectivity index (χ3n) is 3.13. The Kier molecular flexibility index (Phi) is 4.73. The standard InChI is InChI=1S/C17H16N4OS/c1-12-9-16(19-10-13-5-2-3-7-15(13)23)21-17(20-12)22-14-6-4-8-18-11-14/h2-9,11,23H,10H2,1H3,(H,19,20,21). The van der Waals surface area contributed by atoms with Crippen molar-refractivity contribution in [1.29, 1.82) is 0 Å². The summed E-state index contributed by atoms with van der Waals surface area (Å²) in [6.45, 7) is 2.53. The number of hydrogen-bond acceptors (Lipinski definition) is 6. The molecule has 2 aromatic heterocycles. The molecule has 2 heterocycles. The van der Waals surface area contributed by atoms with E-state index in [1.165, 1.54) is 0 Å². The van der Waals surface area contributed by atoms with Gasteiger partial charge in [-0.15, -0.1) is 12.6 Å². The monoisotopic (exact) mass is 324 g/mol. The summed E-state index contributed by atoms with van der Waals surface area (Å²) in [5.41, 5.74) is 1.92. The minimum Gasteiger partial charge on any atom is -0.423 e. The summed E-state index contributed by atoms with van der Waals surface area (Å²) >= 11 is 4.45. The minimum atomic E-state index is 0.291. The van der Waals surface area contributed by atoms with Gasteiger partial charge in [-0.05, 0) is 30.7 Å². The number of nitrogens with one attached hydrogen (secondary N) is 1. The molecule has 0 unspecified atom stereocenters. The second-order valence-corrected chi connectivity index (χ2v) is 5.43. The van der Waals surface area contributed by atoms with Gasteiger partial charge in [-0.3, -0.25) is 4.98 Å². The third kappa shape index (κ3) is 4.20. The van der Waals surface area contributed by atoms with Crippen molar-refractivity contribution >= 4 is 18.4 Å². The molecule has 0 radical (unpaired) electrons. The Bertz CT molecular complexity index is 796. The molecule has 23 heavy (non-hydrogen) atoms. The van der Waals surface area contributed by atoms with Crippen LogP contribution in [0, 0.1) is 6.92 Å². The van der Waals surface area contributed by atoms with Crippen molar-refractivity contribution in [3.05, 3.63) is 66.1 Å². The maximum absolute atomic E-state index is 5.64. The van der Waals surface area contributed by atoms with Gasteiger partial charge in [-0.2, -0.15) is 4.98 Å². The predicted molar refractivity (Wildman–Crippen MR) is 92.1 cm³/mol. The quantitative estimate of drug-likeness (QED) is 0.698. The van der Waals surface area contributed by atoms with Crippen LogP contribution in [0.5, 0.6) is 11.8 Å². The van der Waals surface area contributed by atoms with E-state index in [0.29, 0.717) is 24.1 Å². The summed E-state index contributed by atoms with van der Waals surface area (Å²) in [6, 6.07) is 13.7. The number of aromatic nitrogens is 3. The van der Waals surface area contributed by atoms with Crippen molar-refractivity contribution in [2.24, 2.45) is 0 Å². The average molecular weight is 324 g/mol. The fourth-order valence-corrected chi connectivity index (χ4v) is 2.28. The lowest BCUT2D eigenvalue weighted by Crippen LogP contribution is -2.04. The van der Waals surface area contributed by atoms with Crippen LogP contribution in [0.4, 0.5) is 5.82 Å². The number of nitrogens with zero attached hydrogens (tertiary/aromatic N) is 3. The number of aryl methyl sites for hydroxylation is 1. The van der Waals surface area contributed by atoms with Crippen molar-refractivity contribution in [2.45, 2.75) is 18.4 Å². The second-order valence-electron chi connectivity index (χ2n) is 4.95. The van der Waals surface area contributed by atoms with E-state index in [0.717, 1.165) is 16.2 Å². The molecule has 1 aromatic carbocycles. The number of benzene rings is 1. The second kappa shape index (κ2) is 7.11. The number of ether oxygens (including phenoxy) is 1. The van der Waals surface area contributed by atoms with E-state index in [9.17, 15) is 0 Å². The minimum absolute atomic E-state index is 0.291. The molecular weight excluding hydrogens is 308 g/mol. The molecule has 0 bridgehead atoms. The molecule has 0 aliphatic heterocycles. The molecule has 0 aliphatic carbocycles. The Balaban J connectivity index is 1.74. The molecular formula is C17H16N4OS. The van der Waals surface area contributed by atoms with Gasteiger partial charge in [-0.25, -0.2) is 4.98 Å². The van der Waals surface area contributed by atoms with Crippen LogP contribution < -0.4 is 10.1 Å². The highest BCUT2D eigenvalue weighted by molar-refractivity contribution is 7.80. The summed E-state index contributed by atoms with van der Waals surface area (Å²) in [5.74, 6) is 1.30. The number of thiol groups is 1. The van der Waals surface area contributed by atoms with E-state index >= 15 is 0 Å². The first-order valence-electron chi connectivity index (χ1n) is 7.15. The van der Waals surface area contributed by atoms with Gasteiger partial charge in [0.1, 0.15) is 11.6 Å². The van der Waals surface area contributed by atoms with E-state index < -0.39 is 0 Å². The van der Waals surface area contributed by atoms with Gasteiger partial charge in [0.25, 0.3) is 0 Å². The molecule has 6 heteroatoms. The van der Waals surface area contributed by atoms with Crippen molar-refractivity contribution < 1.29 is 4.74 Å². The van der Waals surface area contributed by atoms with Crippen LogP contribution in [-0.4, -0.2) is 15.0 Å². The van der Waals surface area contributed by atoms with Crippen LogP contribution >= 0.6 is 12.6 Å². The molecule has 0 saturated carbocycles. The average Bonchev–Trinajstić information content (AvgIpc) is 2.54. The topological polar surface area (TPSA) is 59.9 Å². The molecule has 0 spiro atoms. The van der Waals surface area contributed by atoms with Gasteiger partial charge < -0.3 is 10.1 Å². The zero-order valence-corrected chi connectivity index (χ0v) is 13.5. The highest BCUT2D eigenvalue weighted by Gasteiger charge is 2.06. The highest BCUT2D eigenvalue weighted by atomic mass is 32.1. The van der Waals surface area contributed by atoms with Gasteiger partial charge >= 0.3 is 6.01 Å². The molecule has 3 aromatic rings. The SMILES string of the molecule is Cc1cc(NCc2ccccc2S)nc(Oc2cccnc2)n1. The Labute approximate surface area is 140 Å². The summed E-state index contributed by atoms with van der Waals surface area (Å²) in [6.07, 6.45) is 3.31. The van der Waals surface area contributed by atoms with Gasteiger partial charge in [-0.1, -0.05) is 18.2 Å². The number of hydrogen-bond donors (Lipinski definition) is 2. The van der Waals surface area contributed by atoms with E-state index in [-0.39, 0.29) is 0 Å². The van der Waals surface area contributed by atoms with Crippen LogP contribution in [-0.2, 0) is 6.54 Å². The first kappa shape index (κ1) is 15.3. The zero-order valence-electron chi connectivity index (χ0n) is 12.6. The van der Waals surface area contributed by atoms with Gasteiger partial charge in [0, 0.05) is 29.4 Å². The molecule has 116 valence electrons. The molecule has 0 atom stereocenters. The van der Waals surface area contributed by atoms with Crippen molar-refractivity contribution in [2.75, 3.05) is 5.32 Å². The van der Waals surface area contributed by atoms with Gasteiger partial charge in [0.05, 0.1) is 6.20 Å².